The van der Waals surface area contributed by atoms with Crippen molar-refractivity contribution < 1.29 is 19.1 Å². The Balaban J connectivity index is 1.69. The highest BCUT2D eigenvalue weighted by Crippen LogP contribution is 2.38. The van der Waals surface area contributed by atoms with E-state index in [0.29, 0.717) is 11.4 Å². The lowest BCUT2D eigenvalue weighted by Crippen LogP contribution is -2.49. The maximum absolute atomic E-state index is 12.4. The number of rotatable bonds is 4. The smallest absolute Gasteiger partial charge is 0.407 e. The fourth-order valence-corrected chi connectivity index (χ4v) is 4.89. The summed E-state index contributed by atoms with van der Waals surface area (Å²) < 4.78 is 5.45. The van der Waals surface area contributed by atoms with Crippen LogP contribution in [0, 0.1) is 0 Å². The van der Waals surface area contributed by atoms with Gasteiger partial charge in [0.05, 0.1) is 10.6 Å². The van der Waals surface area contributed by atoms with E-state index in [9.17, 15) is 14.4 Å². The fraction of sp³-hybridized carbons (Fsp3) is 0.346. The standard InChI is InChI=1S/C26H29N3O4S/c1-26(2,3)33-24(31)27-19-12-8-14-29(16-19)22-18(15-21-23(30)28-25(32)34-21)11-7-13-20(22)17-9-5-4-6-10-17/h4-7,9-11,13,15,19H,8,12,14,16H2,1-3H3,(H,27,31)(H,28,30,32)/b21-15-/t19-/m1/s1. The van der Waals surface area contributed by atoms with E-state index in [2.05, 4.69) is 33.7 Å². The van der Waals surface area contributed by atoms with E-state index >= 15 is 0 Å². The Hall–Kier alpha value is -3.26. The van der Waals surface area contributed by atoms with E-state index in [1.54, 1.807) is 6.08 Å². The van der Waals surface area contributed by atoms with Crippen LogP contribution in [0.4, 0.5) is 15.3 Å². The number of carbonyl (C=O) groups is 3. The lowest BCUT2D eigenvalue weighted by molar-refractivity contribution is -0.115. The molecule has 34 heavy (non-hydrogen) atoms. The molecule has 0 spiro atoms. The first-order valence-corrected chi connectivity index (χ1v) is 12.2. The van der Waals surface area contributed by atoms with E-state index < -0.39 is 11.7 Å². The van der Waals surface area contributed by atoms with Gasteiger partial charge >= 0.3 is 6.09 Å². The van der Waals surface area contributed by atoms with Crippen molar-refractivity contribution in [2.45, 2.75) is 45.3 Å². The molecule has 2 aliphatic heterocycles. The summed E-state index contributed by atoms with van der Waals surface area (Å²) in [6, 6.07) is 16.0. The number of para-hydroxylation sites is 1. The summed E-state index contributed by atoms with van der Waals surface area (Å²) in [4.78, 5) is 38.9. The van der Waals surface area contributed by atoms with Crippen molar-refractivity contribution in [3.05, 3.63) is 59.0 Å². The Morgan fingerprint density at radius 2 is 1.91 bits per heavy atom. The Labute approximate surface area is 203 Å². The Morgan fingerprint density at radius 3 is 2.59 bits per heavy atom. The number of benzene rings is 2. The third kappa shape index (κ3) is 5.80. The number of carbonyl (C=O) groups excluding carboxylic acids is 3. The number of nitrogens with zero attached hydrogens (tertiary/aromatic N) is 1. The van der Waals surface area contributed by atoms with Crippen molar-refractivity contribution in [3.8, 4) is 11.1 Å². The highest BCUT2D eigenvalue weighted by Gasteiger charge is 2.29. The van der Waals surface area contributed by atoms with Gasteiger partial charge in [-0.15, -0.1) is 0 Å². The van der Waals surface area contributed by atoms with Gasteiger partial charge in [0, 0.05) is 24.7 Å². The number of alkyl carbamates (subject to hydrolysis) is 1. The number of anilines is 1. The van der Waals surface area contributed by atoms with Gasteiger partial charge in [-0.25, -0.2) is 4.79 Å². The summed E-state index contributed by atoms with van der Waals surface area (Å²) in [6.07, 6.45) is 3.10. The van der Waals surface area contributed by atoms with Crippen LogP contribution in [0.5, 0.6) is 0 Å². The molecule has 0 saturated carbocycles. The van der Waals surface area contributed by atoms with Crippen molar-refractivity contribution >= 4 is 40.8 Å². The van der Waals surface area contributed by atoms with Crippen LogP contribution in [0.2, 0.25) is 0 Å². The molecule has 2 aromatic carbocycles. The molecule has 0 bridgehead atoms. The molecule has 178 valence electrons. The maximum Gasteiger partial charge on any atom is 0.407 e. The second-order valence-corrected chi connectivity index (χ2v) is 10.4. The molecule has 3 amide bonds. The molecule has 2 aromatic rings. The van der Waals surface area contributed by atoms with Crippen LogP contribution < -0.4 is 15.5 Å². The highest BCUT2D eigenvalue weighted by atomic mass is 32.2. The SMILES string of the molecule is CC(C)(C)OC(=O)N[C@@H]1CCCN(c2c(/C=C3\SC(=O)NC3=O)cccc2-c2ccccc2)C1. The topological polar surface area (TPSA) is 87.7 Å². The molecule has 0 radical (unpaired) electrons. The molecular formula is C26H29N3O4S. The van der Waals surface area contributed by atoms with E-state index in [1.165, 1.54) is 0 Å². The first-order chi connectivity index (χ1) is 16.2. The Bertz CT molecular complexity index is 1120. The van der Waals surface area contributed by atoms with Crippen molar-refractivity contribution in [3.63, 3.8) is 0 Å². The second-order valence-electron chi connectivity index (χ2n) is 9.39. The van der Waals surface area contributed by atoms with Gasteiger partial charge in [-0.1, -0.05) is 48.5 Å². The van der Waals surface area contributed by atoms with E-state index in [0.717, 1.165) is 53.5 Å². The molecule has 8 heteroatoms. The van der Waals surface area contributed by atoms with Gasteiger partial charge in [-0.3, -0.25) is 14.9 Å². The van der Waals surface area contributed by atoms with Gasteiger partial charge in [0.15, 0.2) is 0 Å². The summed E-state index contributed by atoms with van der Waals surface area (Å²) >= 11 is 0.909. The molecular weight excluding hydrogens is 450 g/mol. The lowest BCUT2D eigenvalue weighted by atomic mass is 9.96. The largest absolute Gasteiger partial charge is 0.444 e. The van der Waals surface area contributed by atoms with Crippen molar-refractivity contribution in [1.29, 1.82) is 0 Å². The van der Waals surface area contributed by atoms with Gasteiger partial charge in [-0.05, 0) is 62.6 Å². The van der Waals surface area contributed by atoms with Crippen molar-refractivity contribution in [2.24, 2.45) is 0 Å². The van der Waals surface area contributed by atoms with Crippen molar-refractivity contribution in [2.75, 3.05) is 18.0 Å². The zero-order valence-electron chi connectivity index (χ0n) is 19.6. The first-order valence-electron chi connectivity index (χ1n) is 11.4. The molecule has 0 aliphatic carbocycles. The average molecular weight is 480 g/mol. The molecule has 7 nitrogen and oxygen atoms in total. The van der Waals surface area contributed by atoms with Crippen LogP contribution >= 0.6 is 11.8 Å². The van der Waals surface area contributed by atoms with E-state index in [1.807, 2.05) is 51.1 Å². The number of amides is 3. The fourth-order valence-electron chi connectivity index (χ4n) is 4.22. The minimum Gasteiger partial charge on any atom is -0.444 e. The maximum atomic E-state index is 12.4. The Kier molecular flexibility index (Phi) is 6.97. The van der Waals surface area contributed by atoms with Crippen LogP contribution in [0.25, 0.3) is 17.2 Å². The third-order valence-corrected chi connectivity index (χ3v) is 6.35. The van der Waals surface area contributed by atoms with Crippen LogP contribution in [0.3, 0.4) is 0 Å². The molecule has 2 fully saturated rings. The molecule has 2 N–H and O–H groups in total. The number of thioether (sulfide) groups is 1. The predicted molar refractivity (Wildman–Crippen MR) is 136 cm³/mol. The average Bonchev–Trinajstić information content (AvgIpc) is 3.09. The lowest BCUT2D eigenvalue weighted by Gasteiger charge is -2.37. The van der Waals surface area contributed by atoms with Crippen LogP contribution in [0.15, 0.2) is 53.4 Å². The van der Waals surface area contributed by atoms with E-state index in [4.69, 9.17) is 4.74 Å². The summed E-state index contributed by atoms with van der Waals surface area (Å²) in [5.74, 6) is -0.380. The minimum atomic E-state index is -0.561. The quantitative estimate of drug-likeness (QED) is 0.588. The van der Waals surface area contributed by atoms with Gasteiger partial charge in [0.1, 0.15) is 5.60 Å². The van der Waals surface area contributed by atoms with Gasteiger partial charge < -0.3 is 15.0 Å². The monoisotopic (exact) mass is 479 g/mol. The number of hydrogen-bond acceptors (Lipinski definition) is 6. The summed E-state index contributed by atoms with van der Waals surface area (Å²) in [5.41, 5.74) is 3.35. The van der Waals surface area contributed by atoms with Crippen LogP contribution in [0.1, 0.15) is 39.2 Å². The molecule has 2 saturated heterocycles. The molecule has 2 heterocycles. The number of hydrogen-bond donors (Lipinski definition) is 2. The van der Waals surface area contributed by atoms with Crippen molar-refractivity contribution in [1.82, 2.24) is 10.6 Å². The third-order valence-electron chi connectivity index (χ3n) is 5.54. The van der Waals surface area contributed by atoms with Crippen LogP contribution in [-0.2, 0) is 9.53 Å². The van der Waals surface area contributed by atoms with Gasteiger partial charge in [-0.2, -0.15) is 0 Å². The summed E-state index contributed by atoms with van der Waals surface area (Å²) in [6.45, 7) is 6.95. The number of nitrogens with one attached hydrogen (secondary N) is 2. The minimum absolute atomic E-state index is 0.0707. The molecule has 0 unspecified atom stereocenters. The number of piperidine rings is 1. The van der Waals surface area contributed by atoms with Gasteiger partial charge in [0.2, 0.25) is 0 Å². The predicted octanol–water partition coefficient (Wildman–Crippen LogP) is 5.17. The number of imide groups is 1. The molecule has 1 atom stereocenters. The zero-order chi connectivity index (χ0) is 24.3. The number of ether oxygens (including phenoxy) is 1. The second kappa shape index (κ2) is 9.93. The van der Waals surface area contributed by atoms with Gasteiger partial charge in [0.25, 0.3) is 11.1 Å². The summed E-state index contributed by atoms with van der Waals surface area (Å²) in [7, 11) is 0. The molecule has 2 aliphatic rings. The summed E-state index contributed by atoms with van der Waals surface area (Å²) in [5, 5.41) is 4.97. The Morgan fingerprint density at radius 1 is 1.15 bits per heavy atom. The first kappa shape index (κ1) is 23.9. The van der Waals surface area contributed by atoms with Crippen LogP contribution in [-0.4, -0.2) is 42.0 Å². The zero-order valence-corrected chi connectivity index (χ0v) is 20.4. The molecule has 4 rings (SSSR count). The highest BCUT2D eigenvalue weighted by molar-refractivity contribution is 8.18. The van der Waals surface area contributed by atoms with E-state index in [-0.39, 0.29) is 17.2 Å². The normalized spacial score (nSPS) is 19.8. The molecule has 0 aromatic heterocycles.